The van der Waals surface area contributed by atoms with Crippen LogP contribution in [0, 0.1) is 0 Å². The Morgan fingerprint density at radius 3 is 2.69 bits per heavy atom. The van der Waals surface area contributed by atoms with Gasteiger partial charge in [0.05, 0.1) is 0 Å². The molecule has 1 atom stereocenters. The lowest BCUT2D eigenvalue weighted by atomic mass is 10.1. The maximum absolute atomic E-state index is 12.1. The van der Waals surface area contributed by atoms with Gasteiger partial charge in [-0.15, -0.1) is 35.3 Å². The summed E-state index contributed by atoms with van der Waals surface area (Å²) in [6, 6.07) is 7.25. The lowest BCUT2D eigenvalue weighted by molar-refractivity contribution is 0.580. The Kier molecular flexibility index (Phi) is 10.1. The number of aliphatic imine (C=N–C) groups is 1. The summed E-state index contributed by atoms with van der Waals surface area (Å²) in [5.74, 6) is 1.02. The fourth-order valence-electron chi connectivity index (χ4n) is 2.10. The van der Waals surface area contributed by atoms with Crippen molar-refractivity contribution in [2.45, 2.75) is 17.7 Å². The quantitative estimate of drug-likeness (QED) is 0.219. The van der Waals surface area contributed by atoms with Crippen molar-refractivity contribution in [1.29, 1.82) is 0 Å². The number of rotatable bonds is 8. The van der Waals surface area contributed by atoms with E-state index in [2.05, 4.69) is 43.7 Å². The fourth-order valence-corrected chi connectivity index (χ4v) is 3.88. The summed E-state index contributed by atoms with van der Waals surface area (Å²) in [5.41, 5.74) is 0. The first-order chi connectivity index (χ1) is 12.0. The molecule has 144 valence electrons. The average Bonchev–Trinajstić information content (AvgIpc) is 3.16. The number of aromatic nitrogens is 1. The van der Waals surface area contributed by atoms with Crippen molar-refractivity contribution in [2.24, 2.45) is 4.99 Å². The van der Waals surface area contributed by atoms with Crippen molar-refractivity contribution in [3.63, 3.8) is 0 Å². The zero-order chi connectivity index (χ0) is 18.1. The molecule has 2 aromatic heterocycles. The minimum atomic E-state index is -3.53. The van der Waals surface area contributed by atoms with Crippen molar-refractivity contribution in [3.8, 4) is 0 Å². The number of guanidine groups is 1. The molecule has 2 aromatic rings. The molecule has 0 radical (unpaired) electrons. The molecule has 0 aliphatic rings. The third-order valence-corrected chi connectivity index (χ3v) is 6.03. The third-order valence-electron chi connectivity index (χ3n) is 3.48. The van der Waals surface area contributed by atoms with E-state index in [1.165, 1.54) is 23.3 Å². The van der Waals surface area contributed by atoms with E-state index >= 15 is 0 Å². The summed E-state index contributed by atoms with van der Waals surface area (Å²) in [5, 5.41) is 8.40. The van der Waals surface area contributed by atoms with Crippen LogP contribution in [-0.4, -0.2) is 46.0 Å². The molecule has 0 aromatic carbocycles. The van der Waals surface area contributed by atoms with Gasteiger partial charge in [0, 0.05) is 49.9 Å². The van der Waals surface area contributed by atoms with Gasteiger partial charge in [-0.25, -0.2) is 13.1 Å². The molecule has 0 amide bonds. The minimum absolute atomic E-state index is 0. The molecule has 7 nitrogen and oxygen atoms in total. The van der Waals surface area contributed by atoms with Crippen LogP contribution in [0.5, 0.6) is 0 Å². The Morgan fingerprint density at radius 2 is 2.08 bits per heavy atom. The van der Waals surface area contributed by atoms with Crippen LogP contribution in [0.4, 0.5) is 0 Å². The van der Waals surface area contributed by atoms with Gasteiger partial charge in [0.15, 0.2) is 5.96 Å². The van der Waals surface area contributed by atoms with Gasteiger partial charge >= 0.3 is 0 Å². The largest absolute Gasteiger partial charge is 0.356 e. The van der Waals surface area contributed by atoms with E-state index in [1.807, 2.05) is 6.07 Å². The van der Waals surface area contributed by atoms with Crippen molar-refractivity contribution in [3.05, 3.63) is 46.9 Å². The highest BCUT2D eigenvalue weighted by Gasteiger charge is 2.13. The Labute approximate surface area is 175 Å². The number of nitrogens with one attached hydrogen (secondary N) is 3. The molecule has 2 heterocycles. The van der Waals surface area contributed by atoms with E-state index in [0.29, 0.717) is 18.4 Å². The highest BCUT2D eigenvalue weighted by Crippen LogP contribution is 2.19. The van der Waals surface area contributed by atoms with Crippen LogP contribution in [0.25, 0.3) is 0 Å². The van der Waals surface area contributed by atoms with E-state index in [-0.39, 0.29) is 35.4 Å². The first-order valence-corrected chi connectivity index (χ1v) is 10.3. The van der Waals surface area contributed by atoms with Gasteiger partial charge in [0.1, 0.15) is 4.90 Å². The summed E-state index contributed by atoms with van der Waals surface area (Å²) in [7, 11) is -1.85. The third kappa shape index (κ3) is 7.17. The smallest absolute Gasteiger partial charge is 0.242 e. The van der Waals surface area contributed by atoms with Gasteiger partial charge in [-0.2, -0.15) is 0 Å². The molecule has 10 heteroatoms. The first-order valence-electron chi connectivity index (χ1n) is 7.90. The van der Waals surface area contributed by atoms with Crippen LogP contribution in [-0.2, 0) is 10.0 Å². The average molecular weight is 509 g/mol. The second kappa shape index (κ2) is 11.5. The number of thiophene rings is 1. The maximum atomic E-state index is 12.1. The van der Waals surface area contributed by atoms with E-state index < -0.39 is 10.0 Å². The predicted octanol–water partition coefficient (Wildman–Crippen LogP) is 2.01. The molecule has 26 heavy (non-hydrogen) atoms. The maximum Gasteiger partial charge on any atom is 0.242 e. The summed E-state index contributed by atoms with van der Waals surface area (Å²) in [4.78, 5) is 9.43. The van der Waals surface area contributed by atoms with Gasteiger partial charge in [0.25, 0.3) is 0 Å². The second-order valence-electron chi connectivity index (χ2n) is 5.38. The number of nitrogens with zero attached hydrogens (tertiary/aromatic N) is 2. The van der Waals surface area contributed by atoms with E-state index in [4.69, 9.17) is 0 Å². The van der Waals surface area contributed by atoms with Crippen LogP contribution >= 0.6 is 35.3 Å². The SMILES string of the molecule is CN=C(NCCNS(=O)(=O)c1cccnc1)NCC(C)c1cccs1.I. The topological polar surface area (TPSA) is 95.5 Å². The summed E-state index contributed by atoms with van der Waals surface area (Å²) in [6.45, 7) is 3.57. The van der Waals surface area contributed by atoms with Gasteiger partial charge in [-0.05, 0) is 23.6 Å². The fraction of sp³-hybridized carbons (Fsp3) is 0.375. The van der Waals surface area contributed by atoms with Crippen LogP contribution < -0.4 is 15.4 Å². The zero-order valence-electron chi connectivity index (χ0n) is 14.7. The van der Waals surface area contributed by atoms with Crippen LogP contribution in [0.15, 0.2) is 51.9 Å². The Hall–Kier alpha value is -1.24. The van der Waals surface area contributed by atoms with Gasteiger partial charge < -0.3 is 10.6 Å². The van der Waals surface area contributed by atoms with Crippen LogP contribution in [0.1, 0.15) is 17.7 Å². The Bertz CT molecular complexity index is 767. The number of sulfonamides is 1. The second-order valence-corrected chi connectivity index (χ2v) is 8.13. The van der Waals surface area contributed by atoms with Crippen molar-refractivity contribution in [1.82, 2.24) is 20.3 Å². The van der Waals surface area contributed by atoms with Crippen LogP contribution in [0.3, 0.4) is 0 Å². The zero-order valence-corrected chi connectivity index (χ0v) is 18.6. The highest BCUT2D eigenvalue weighted by atomic mass is 127. The number of hydrogen-bond donors (Lipinski definition) is 3. The van der Waals surface area contributed by atoms with Gasteiger partial charge in [-0.3, -0.25) is 9.98 Å². The molecule has 0 fully saturated rings. The molecule has 1 unspecified atom stereocenters. The number of pyridine rings is 1. The molecule has 3 N–H and O–H groups in total. The normalized spacial score (nSPS) is 12.9. The molecular formula is C16H24IN5O2S2. The molecule has 0 bridgehead atoms. The van der Waals surface area contributed by atoms with E-state index in [0.717, 1.165) is 6.54 Å². The summed E-state index contributed by atoms with van der Waals surface area (Å²) in [6.07, 6.45) is 2.86. The first kappa shape index (κ1) is 22.8. The Morgan fingerprint density at radius 1 is 1.27 bits per heavy atom. The van der Waals surface area contributed by atoms with E-state index in [1.54, 1.807) is 24.5 Å². The Balaban J connectivity index is 0.00000338. The van der Waals surface area contributed by atoms with E-state index in [9.17, 15) is 8.42 Å². The standard InChI is InChI=1S/C16H23N5O2S2.HI/c1-13(15-6-4-10-24-15)11-20-16(17-2)19-8-9-21-25(22,23)14-5-3-7-18-12-14;/h3-7,10,12-13,21H,8-9,11H2,1-2H3,(H2,17,19,20);1H. The molecule has 0 saturated carbocycles. The van der Waals surface area contributed by atoms with Crippen LogP contribution in [0.2, 0.25) is 0 Å². The van der Waals surface area contributed by atoms with Gasteiger partial charge in [-0.1, -0.05) is 13.0 Å². The van der Waals surface area contributed by atoms with Crippen molar-refractivity contribution < 1.29 is 8.42 Å². The van der Waals surface area contributed by atoms with Crippen molar-refractivity contribution >= 4 is 51.3 Å². The minimum Gasteiger partial charge on any atom is -0.356 e. The lowest BCUT2D eigenvalue weighted by Crippen LogP contribution is -2.42. The molecule has 0 spiro atoms. The molecule has 0 aliphatic carbocycles. The predicted molar refractivity (Wildman–Crippen MR) is 117 cm³/mol. The number of hydrogen-bond acceptors (Lipinski definition) is 5. The molecule has 0 saturated heterocycles. The lowest BCUT2D eigenvalue weighted by Gasteiger charge is -2.15. The summed E-state index contributed by atoms with van der Waals surface area (Å²) >= 11 is 1.73. The highest BCUT2D eigenvalue weighted by molar-refractivity contribution is 14.0. The van der Waals surface area contributed by atoms with Gasteiger partial charge in [0.2, 0.25) is 10.0 Å². The number of halogens is 1. The molecular weight excluding hydrogens is 485 g/mol. The molecule has 2 rings (SSSR count). The molecule has 0 aliphatic heterocycles. The summed E-state index contributed by atoms with van der Waals surface area (Å²) < 4.78 is 26.7. The van der Waals surface area contributed by atoms with Crippen molar-refractivity contribution in [2.75, 3.05) is 26.7 Å². The monoisotopic (exact) mass is 509 g/mol.